The first-order chi connectivity index (χ1) is 10.1. The molecule has 1 aromatic heterocycles. The van der Waals surface area contributed by atoms with Gasteiger partial charge in [0, 0.05) is 16.8 Å². The van der Waals surface area contributed by atoms with Gasteiger partial charge in [0.1, 0.15) is 5.82 Å². The van der Waals surface area contributed by atoms with Crippen molar-refractivity contribution in [3.63, 3.8) is 0 Å². The summed E-state index contributed by atoms with van der Waals surface area (Å²) in [6.45, 7) is 3.64. The van der Waals surface area contributed by atoms with Crippen LogP contribution in [0.15, 0.2) is 36.4 Å². The zero-order valence-electron chi connectivity index (χ0n) is 11.7. The van der Waals surface area contributed by atoms with E-state index >= 15 is 0 Å². The fraction of sp³-hybridized carbons (Fsp3) is 0.133. The molecule has 0 unspecified atom stereocenters. The number of benzene rings is 2. The summed E-state index contributed by atoms with van der Waals surface area (Å²) in [4.78, 5) is 0. The molecule has 0 spiro atoms. The van der Waals surface area contributed by atoms with Gasteiger partial charge in [0.05, 0.1) is 5.69 Å². The number of aromatic nitrogens is 4. The van der Waals surface area contributed by atoms with E-state index in [4.69, 9.17) is 5.73 Å². The van der Waals surface area contributed by atoms with Crippen LogP contribution >= 0.6 is 0 Å². The van der Waals surface area contributed by atoms with Gasteiger partial charge < -0.3 is 5.73 Å². The number of nitrogen functional groups attached to an aromatic ring is 1. The van der Waals surface area contributed by atoms with Gasteiger partial charge in [-0.25, -0.2) is 4.39 Å². The van der Waals surface area contributed by atoms with Gasteiger partial charge in [-0.3, -0.25) is 0 Å². The first kappa shape index (κ1) is 13.2. The Balaban J connectivity index is 2.13. The van der Waals surface area contributed by atoms with Crippen molar-refractivity contribution >= 4 is 5.69 Å². The van der Waals surface area contributed by atoms with E-state index < -0.39 is 0 Å². The maximum atomic E-state index is 13.9. The van der Waals surface area contributed by atoms with E-state index in [1.807, 2.05) is 31.2 Å². The van der Waals surface area contributed by atoms with Crippen LogP contribution in [0.25, 0.3) is 17.1 Å². The number of tetrazole rings is 1. The zero-order chi connectivity index (χ0) is 15.0. The van der Waals surface area contributed by atoms with Crippen molar-refractivity contribution in [3.05, 3.63) is 53.3 Å². The summed E-state index contributed by atoms with van der Waals surface area (Å²) in [5, 5.41) is 11.6. The van der Waals surface area contributed by atoms with E-state index in [1.165, 1.54) is 6.07 Å². The minimum atomic E-state index is -0.372. The standard InChI is InChI=1S/C15H14FN5/c1-9-3-5-12(6-4-9)21-15(18-19-20-21)11-7-13(16)10(2)14(17)8-11/h3-8H,17H2,1-2H3. The third-order valence-electron chi connectivity index (χ3n) is 3.39. The van der Waals surface area contributed by atoms with E-state index in [9.17, 15) is 4.39 Å². The summed E-state index contributed by atoms with van der Waals surface area (Å²) in [6.07, 6.45) is 0. The van der Waals surface area contributed by atoms with Gasteiger partial charge in [0.2, 0.25) is 0 Å². The Hall–Kier alpha value is -2.76. The molecule has 0 saturated heterocycles. The van der Waals surface area contributed by atoms with Crippen LogP contribution in [0.2, 0.25) is 0 Å². The molecule has 3 aromatic rings. The Labute approximate surface area is 121 Å². The predicted molar refractivity (Wildman–Crippen MR) is 78.4 cm³/mol. The van der Waals surface area contributed by atoms with E-state index in [2.05, 4.69) is 15.5 Å². The molecule has 21 heavy (non-hydrogen) atoms. The molecule has 5 nitrogen and oxygen atoms in total. The summed E-state index contributed by atoms with van der Waals surface area (Å²) in [6, 6.07) is 10.8. The van der Waals surface area contributed by atoms with Crippen molar-refractivity contribution in [3.8, 4) is 17.1 Å². The third kappa shape index (κ3) is 2.35. The first-order valence-corrected chi connectivity index (χ1v) is 6.47. The number of halogens is 1. The lowest BCUT2D eigenvalue weighted by Gasteiger charge is -2.08. The Bertz CT molecular complexity index is 769. The van der Waals surface area contributed by atoms with Crippen LogP contribution in [-0.4, -0.2) is 20.2 Å². The molecule has 3 rings (SSSR count). The Morgan fingerprint density at radius 1 is 1.10 bits per heavy atom. The smallest absolute Gasteiger partial charge is 0.187 e. The van der Waals surface area contributed by atoms with Crippen LogP contribution in [0, 0.1) is 19.7 Å². The average molecular weight is 283 g/mol. The summed E-state index contributed by atoms with van der Waals surface area (Å²) in [7, 11) is 0. The van der Waals surface area contributed by atoms with E-state index in [0.717, 1.165) is 11.3 Å². The van der Waals surface area contributed by atoms with Gasteiger partial charge in [-0.1, -0.05) is 17.7 Å². The van der Waals surface area contributed by atoms with Crippen LogP contribution < -0.4 is 5.73 Å². The van der Waals surface area contributed by atoms with Crippen LogP contribution in [-0.2, 0) is 0 Å². The number of hydrogen-bond donors (Lipinski definition) is 1. The summed E-state index contributed by atoms with van der Waals surface area (Å²) in [5.41, 5.74) is 9.11. The molecule has 6 heteroatoms. The van der Waals surface area contributed by atoms with Gasteiger partial charge in [0.15, 0.2) is 5.82 Å². The van der Waals surface area contributed by atoms with Crippen molar-refractivity contribution in [1.29, 1.82) is 0 Å². The SMILES string of the molecule is Cc1ccc(-n2nnnc2-c2cc(N)c(C)c(F)c2)cc1. The molecule has 0 aliphatic rings. The van der Waals surface area contributed by atoms with Gasteiger partial charge in [-0.05, 0) is 48.5 Å². The monoisotopic (exact) mass is 283 g/mol. The van der Waals surface area contributed by atoms with Crippen molar-refractivity contribution in [2.75, 3.05) is 5.73 Å². The average Bonchev–Trinajstić information content (AvgIpc) is 2.94. The highest BCUT2D eigenvalue weighted by Gasteiger charge is 2.14. The molecule has 0 aliphatic carbocycles. The lowest BCUT2D eigenvalue weighted by atomic mass is 10.1. The quantitative estimate of drug-likeness (QED) is 0.734. The van der Waals surface area contributed by atoms with E-state index in [-0.39, 0.29) is 5.82 Å². The van der Waals surface area contributed by atoms with Crippen LogP contribution in [0.4, 0.5) is 10.1 Å². The number of hydrogen-bond acceptors (Lipinski definition) is 4. The second-order valence-electron chi connectivity index (χ2n) is 4.92. The highest BCUT2D eigenvalue weighted by atomic mass is 19.1. The number of anilines is 1. The van der Waals surface area contributed by atoms with Gasteiger partial charge in [-0.15, -0.1) is 5.10 Å². The van der Waals surface area contributed by atoms with Crippen molar-refractivity contribution in [1.82, 2.24) is 20.2 Å². The molecule has 0 atom stereocenters. The minimum Gasteiger partial charge on any atom is -0.398 e. The highest BCUT2D eigenvalue weighted by molar-refractivity contribution is 5.65. The fourth-order valence-electron chi connectivity index (χ4n) is 2.06. The molecule has 1 heterocycles. The Morgan fingerprint density at radius 2 is 1.81 bits per heavy atom. The maximum absolute atomic E-state index is 13.9. The highest BCUT2D eigenvalue weighted by Crippen LogP contribution is 2.25. The fourth-order valence-corrected chi connectivity index (χ4v) is 2.06. The third-order valence-corrected chi connectivity index (χ3v) is 3.39. The van der Waals surface area contributed by atoms with Gasteiger partial charge in [-0.2, -0.15) is 4.68 Å². The molecule has 2 aromatic carbocycles. The molecule has 0 saturated carbocycles. The molecule has 0 fully saturated rings. The van der Waals surface area contributed by atoms with Crippen LogP contribution in [0.3, 0.4) is 0 Å². The van der Waals surface area contributed by atoms with Gasteiger partial charge >= 0.3 is 0 Å². The van der Waals surface area contributed by atoms with E-state index in [0.29, 0.717) is 22.6 Å². The summed E-state index contributed by atoms with van der Waals surface area (Å²) < 4.78 is 15.4. The molecule has 106 valence electrons. The van der Waals surface area contributed by atoms with Gasteiger partial charge in [0.25, 0.3) is 0 Å². The zero-order valence-corrected chi connectivity index (χ0v) is 11.7. The molecule has 2 N–H and O–H groups in total. The minimum absolute atomic E-state index is 0.372. The predicted octanol–water partition coefficient (Wildman–Crippen LogP) is 2.67. The first-order valence-electron chi connectivity index (χ1n) is 6.47. The molecular weight excluding hydrogens is 269 g/mol. The summed E-state index contributed by atoms with van der Waals surface area (Å²) in [5.74, 6) is 0.0768. The van der Waals surface area contributed by atoms with Crippen molar-refractivity contribution in [2.24, 2.45) is 0 Å². The van der Waals surface area contributed by atoms with Crippen molar-refractivity contribution < 1.29 is 4.39 Å². The number of nitrogens with zero attached hydrogens (tertiary/aromatic N) is 4. The number of aryl methyl sites for hydroxylation is 1. The topological polar surface area (TPSA) is 69.6 Å². The largest absolute Gasteiger partial charge is 0.398 e. The maximum Gasteiger partial charge on any atom is 0.187 e. The lowest BCUT2D eigenvalue weighted by Crippen LogP contribution is -2.01. The summed E-state index contributed by atoms with van der Waals surface area (Å²) >= 11 is 0. The normalized spacial score (nSPS) is 10.8. The molecule has 0 radical (unpaired) electrons. The van der Waals surface area contributed by atoms with Crippen LogP contribution in [0.1, 0.15) is 11.1 Å². The second-order valence-corrected chi connectivity index (χ2v) is 4.92. The molecular formula is C15H14FN5. The molecule has 0 aliphatic heterocycles. The van der Waals surface area contributed by atoms with Crippen LogP contribution in [0.5, 0.6) is 0 Å². The van der Waals surface area contributed by atoms with Crippen molar-refractivity contribution in [2.45, 2.75) is 13.8 Å². The number of rotatable bonds is 2. The second kappa shape index (κ2) is 4.97. The number of nitrogens with two attached hydrogens (primary N) is 1. The Kier molecular flexibility index (Phi) is 3.13. The van der Waals surface area contributed by atoms with E-state index in [1.54, 1.807) is 17.7 Å². The Morgan fingerprint density at radius 3 is 2.48 bits per heavy atom. The lowest BCUT2D eigenvalue weighted by molar-refractivity contribution is 0.619. The molecule has 0 bridgehead atoms. The molecule has 0 amide bonds.